The molecular formula is C31H31NO6S. The molecule has 0 spiro atoms. The fourth-order valence-electron chi connectivity index (χ4n) is 5.10. The number of hydrogen-bond donors (Lipinski definition) is 2. The zero-order valence-corrected chi connectivity index (χ0v) is 22.3. The van der Waals surface area contributed by atoms with Crippen molar-refractivity contribution in [3.8, 4) is 16.9 Å². The van der Waals surface area contributed by atoms with Crippen molar-refractivity contribution in [1.29, 1.82) is 0 Å². The van der Waals surface area contributed by atoms with Gasteiger partial charge in [-0.2, -0.15) is 0 Å². The molecule has 0 bridgehead atoms. The molecule has 7 nitrogen and oxygen atoms in total. The number of hydrogen-bond acceptors (Lipinski definition) is 6. The van der Waals surface area contributed by atoms with Crippen LogP contribution >= 0.6 is 0 Å². The molecule has 1 saturated heterocycles. The predicted octanol–water partition coefficient (Wildman–Crippen LogP) is 5.35. The minimum Gasteiger partial charge on any atom is -0.494 e. The molecule has 1 amide bonds. The average Bonchev–Trinajstić information content (AvgIpc) is 2.99. The van der Waals surface area contributed by atoms with Crippen molar-refractivity contribution in [2.45, 2.75) is 35.3 Å². The van der Waals surface area contributed by atoms with E-state index < -0.39 is 20.5 Å². The molecule has 1 aliphatic heterocycles. The molecule has 0 radical (unpaired) electrons. The summed E-state index contributed by atoms with van der Waals surface area (Å²) in [4.78, 5) is 12.4. The van der Waals surface area contributed by atoms with Crippen LogP contribution in [0.5, 0.6) is 5.75 Å². The van der Waals surface area contributed by atoms with Gasteiger partial charge in [0.1, 0.15) is 5.75 Å². The Balaban J connectivity index is 1.19. The van der Waals surface area contributed by atoms with Crippen LogP contribution in [0.3, 0.4) is 0 Å². The van der Waals surface area contributed by atoms with E-state index in [-0.39, 0.29) is 31.0 Å². The molecule has 4 aromatic carbocycles. The van der Waals surface area contributed by atoms with Crippen LogP contribution in [0.4, 0.5) is 0 Å². The van der Waals surface area contributed by atoms with Crippen LogP contribution in [0.25, 0.3) is 21.9 Å². The van der Waals surface area contributed by atoms with Gasteiger partial charge >= 0.3 is 0 Å². The third kappa shape index (κ3) is 5.54. The highest BCUT2D eigenvalue weighted by atomic mass is 32.2. The lowest BCUT2D eigenvalue weighted by atomic mass is 9.98. The molecule has 2 N–H and O–H groups in total. The minimum absolute atomic E-state index is 0.00542. The topological polar surface area (TPSA) is 102 Å². The number of amides is 1. The molecule has 0 aromatic heterocycles. The second-order valence-corrected chi connectivity index (χ2v) is 12.0. The van der Waals surface area contributed by atoms with Gasteiger partial charge in [-0.25, -0.2) is 13.9 Å². The van der Waals surface area contributed by atoms with E-state index >= 15 is 0 Å². The number of aryl methyl sites for hydroxylation is 1. The number of sulfone groups is 1. The van der Waals surface area contributed by atoms with Crippen molar-refractivity contribution in [2.75, 3.05) is 19.8 Å². The molecule has 0 unspecified atom stereocenters. The Morgan fingerprint density at radius 1 is 0.872 bits per heavy atom. The molecule has 1 fully saturated rings. The van der Waals surface area contributed by atoms with Crippen LogP contribution in [0.15, 0.2) is 95.9 Å². The SMILES string of the molecule is O=C(NO)C1(S(=O)(=O)c2ccc(OCCCc3cccc(-c4ccc5ccccc5c4)c3)cc2)CCOCC1. The Morgan fingerprint density at radius 2 is 1.59 bits per heavy atom. The molecule has 1 heterocycles. The minimum atomic E-state index is -4.06. The van der Waals surface area contributed by atoms with Crippen LogP contribution in [-0.2, 0) is 25.8 Å². The van der Waals surface area contributed by atoms with Gasteiger partial charge < -0.3 is 9.47 Å². The van der Waals surface area contributed by atoms with Gasteiger partial charge in [0, 0.05) is 13.2 Å². The van der Waals surface area contributed by atoms with E-state index in [0.717, 1.165) is 12.8 Å². The molecule has 0 saturated carbocycles. The number of benzene rings is 4. The number of ether oxygens (including phenoxy) is 2. The first-order valence-corrected chi connectivity index (χ1v) is 14.5. The van der Waals surface area contributed by atoms with Crippen LogP contribution in [0.2, 0.25) is 0 Å². The number of hydroxylamine groups is 1. The van der Waals surface area contributed by atoms with E-state index in [1.807, 2.05) is 12.1 Å². The maximum absolute atomic E-state index is 13.4. The number of nitrogens with one attached hydrogen (secondary N) is 1. The second-order valence-electron chi connectivity index (χ2n) is 9.74. The van der Waals surface area contributed by atoms with Crippen molar-refractivity contribution in [3.05, 3.63) is 96.6 Å². The summed E-state index contributed by atoms with van der Waals surface area (Å²) in [5, 5.41) is 11.6. The highest BCUT2D eigenvalue weighted by molar-refractivity contribution is 7.93. The first-order chi connectivity index (χ1) is 18.9. The third-order valence-electron chi connectivity index (χ3n) is 7.35. The van der Waals surface area contributed by atoms with E-state index in [1.54, 1.807) is 12.1 Å². The van der Waals surface area contributed by atoms with Gasteiger partial charge in [0.15, 0.2) is 14.6 Å². The quantitative estimate of drug-likeness (QED) is 0.167. The first-order valence-electron chi connectivity index (χ1n) is 13.0. The molecular weight excluding hydrogens is 514 g/mol. The van der Waals surface area contributed by atoms with Crippen molar-refractivity contribution in [1.82, 2.24) is 5.48 Å². The summed E-state index contributed by atoms with van der Waals surface area (Å²) in [6.45, 7) is 0.721. The van der Waals surface area contributed by atoms with Gasteiger partial charge in [0.2, 0.25) is 0 Å². The Hall–Kier alpha value is -3.72. The number of carbonyl (C=O) groups is 1. The molecule has 0 atom stereocenters. The largest absolute Gasteiger partial charge is 0.494 e. The highest BCUT2D eigenvalue weighted by Gasteiger charge is 2.52. The summed E-state index contributed by atoms with van der Waals surface area (Å²) in [5.74, 6) is -0.387. The molecule has 8 heteroatoms. The summed E-state index contributed by atoms with van der Waals surface area (Å²) >= 11 is 0. The zero-order valence-electron chi connectivity index (χ0n) is 21.5. The Kier molecular flexibility index (Phi) is 7.97. The van der Waals surface area contributed by atoms with Crippen molar-refractivity contribution >= 4 is 26.5 Å². The van der Waals surface area contributed by atoms with Crippen LogP contribution in [0.1, 0.15) is 24.8 Å². The summed E-state index contributed by atoms with van der Waals surface area (Å²) in [7, 11) is -4.06. The average molecular weight is 546 g/mol. The zero-order chi connectivity index (χ0) is 27.3. The standard InChI is InChI=1S/C31H31NO6S/c33-30(32-34)31(16-19-37-20-17-31)39(35,36)29-14-12-28(13-15-29)38-18-4-6-23-5-3-9-25(21-23)27-11-10-24-7-1-2-8-26(24)22-27/h1-3,5,7-15,21-22,34H,4,6,16-20H2,(H,32,33). The number of carbonyl (C=O) groups excluding carboxylic acids is 1. The molecule has 4 aromatic rings. The van der Waals surface area contributed by atoms with Gasteiger partial charge in [-0.05, 0) is 83.5 Å². The second kappa shape index (κ2) is 11.6. The maximum Gasteiger partial charge on any atom is 0.265 e. The van der Waals surface area contributed by atoms with Crippen LogP contribution in [0, 0.1) is 0 Å². The highest BCUT2D eigenvalue weighted by Crippen LogP contribution is 2.36. The summed E-state index contributed by atoms with van der Waals surface area (Å²) in [5.41, 5.74) is 5.10. The molecule has 5 rings (SSSR count). The normalized spacial score (nSPS) is 15.1. The van der Waals surface area contributed by atoms with Gasteiger partial charge in [0.05, 0.1) is 11.5 Å². The smallest absolute Gasteiger partial charge is 0.265 e. The molecule has 0 aliphatic carbocycles. The van der Waals surface area contributed by atoms with Crippen molar-refractivity contribution < 1.29 is 27.9 Å². The third-order valence-corrected chi connectivity index (χ3v) is 9.87. The monoisotopic (exact) mass is 545 g/mol. The van der Waals surface area contributed by atoms with E-state index in [0.29, 0.717) is 12.4 Å². The molecule has 202 valence electrons. The number of rotatable bonds is 9. The summed E-state index contributed by atoms with van der Waals surface area (Å²) in [6.07, 6.45) is 1.58. The van der Waals surface area contributed by atoms with E-state index in [2.05, 4.69) is 54.6 Å². The van der Waals surface area contributed by atoms with Gasteiger partial charge in [-0.3, -0.25) is 10.0 Å². The Bertz CT molecular complexity index is 1560. The van der Waals surface area contributed by atoms with E-state index in [4.69, 9.17) is 9.47 Å². The first kappa shape index (κ1) is 26.9. The lowest BCUT2D eigenvalue weighted by Crippen LogP contribution is -2.54. The predicted molar refractivity (Wildman–Crippen MR) is 150 cm³/mol. The number of fused-ring (bicyclic) bond motifs is 1. The Morgan fingerprint density at radius 3 is 2.33 bits per heavy atom. The van der Waals surface area contributed by atoms with E-state index in [1.165, 1.54) is 45.1 Å². The fraction of sp³-hybridized carbons (Fsp3) is 0.258. The van der Waals surface area contributed by atoms with Gasteiger partial charge in [-0.15, -0.1) is 0 Å². The maximum atomic E-state index is 13.4. The molecule has 1 aliphatic rings. The fourth-order valence-corrected chi connectivity index (χ4v) is 7.04. The summed E-state index contributed by atoms with van der Waals surface area (Å²) in [6, 6.07) is 29.4. The van der Waals surface area contributed by atoms with Crippen molar-refractivity contribution in [2.24, 2.45) is 0 Å². The van der Waals surface area contributed by atoms with E-state index in [9.17, 15) is 18.4 Å². The lowest BCUT2D eigenvalue weighted by molar-refractivity contribution is -0.134. The van der Waals surface area contributed by atoms with Crippen LogP contribution < -0.4 is 10.2 Å². The summed E-state index contributed by atoms with van der Waals surface area (Å²) < 4.78 is 36.1. The van der Waals surface area contributed by atoms with Gasteiger partial charge in [0.25, 0.3) is 5.91 Å². The van der Waals surface area contributed by atoms with Crippen molar-refractivity contribution in [3.63, 3.8) is 0 Å². The molecule has 39 heavy (non-hydrogen) atoms. The van der Waals surface area contributed by atoms with Gasteiger partial charge in [-0.1, -0.05) is 60.7 Å². The van der Waals surface area contributed by atoms with Crippen LogP contribution in [-0.4, -0.2) is 44.1 Å². The lowest BCUT2D eigenvalue weighted by Gasteiger charge is -2.34. The Labute approximate surface area is 228 Å².